The highest BCUT2D eigenvalue weighted by Crippen LogP contribution is 2.33. The molecule has 0 amide bonds. The zero-order chi connectivity index (χ0) is 29.4. The van der Waals surface area contributed by atoms with Gasteiger partial charge in [0.25, 0.3) is 11.1 Å². The molecule has 1 aromatic carbocycles. The molecule has 3 aromatic heterocycles. The number of aryl methyl sites for hydroxylation is 2. The van der Waals surface area contributed by atoms with Gasteiger partial charge in [0.15, 0.2) is 5.82 Å². The molecule has 0 aliphatic carbocycles. The third-order valence-corrected chi connectivity index (χ3v) is 6.46. The Morgan fingerprint density at radius 3 is 2.30 bits per heavy atom. The molecular weight excluding hydrogens is 566 g/mol. The number of anilines is 1. The molecule has 0 unspecified atom stereocenters. The Morgan fingerprint density at radius 2 is 1.68 bits per heavy atom. The highest BCUT2D eigenvalue weighted by molar-refractivity contribution is 6.34. The zero-order valence-electron chi connectivity index (χ0n) is 20.9. The second kappa shape index (κ2) is 10.9. The Hall–Kier alpha value is -3.94. The summed E-state index contributed by atoms with van der Waals surface area (Å²) in [7, 11) is 1.13. The molecule has 1 atom stereocenters. The Morgan fingerprint density at radius 1 is 1.00 bits per heavy atom. The van der Waals surface area contributed by atoms with Crippen molar-refractivity contribution >= 4 is 28.1 Å². The molecule has 15 heteroatoms. The molecule has 0 saturated carbocycles. The minimum atomic E-state index is -4.86. The summed E-state index contributed by atoms with van der Waals surface area (Å²) in [5.74, 6) is -0.0364. The van der Waals surface area contributed by atoms with E-state index in [-0.39, 0.29) is 33.9 Å². The average Bonchev–Trinajstić information content (AvgIpc) is 2.86. The van der Waals surface area contributed by atoms with Gasteiger partial charge in [-0.1, -0.05) is 11.6 Å². The van der Waals surface area contributed by atoms with E-state index in [9.17, 15) is 35.9 Å². The van der Waals surface area contributed by atoms with Crippen LogP contribution < -0.4 is 16.4 Å². The van der Waals surface area contributed by atoms with Crippen LogP contribution in [0, 0.1) is 0 Å². The van der Waals surface area contributed by atoms with E-state index >= 15 is 0 Å². The van der Waals surface area contributed by atoms with Crippen molar-refractivity contribution in [2.75, 3.05) is 5.32 Å². The van der Waals surface area contributed by atoms with Crippen molar-refractivity contribution in [1.82, 2.24) is 24.3 Å². The lowest BCUT2D eigenvalue weighted by Crippen LogP contribution is -2.31. The number of nitrogens with one attached hydrogen (secondary N) is 1. The first-order valence-electron chi connectivity index (χ1n) is 11.8. The molecule has 4 rings (SSSR count). The van der Waals surface area contributed by atoms with Crippen LogP contribution in [0.1, 0.15) is 30.9 Å². The Balaban J connectivity index is 1.48. The first-order chi connectivity index (χ1) is 18.7. The summed E-state index contributed by atoms with van der Waals surface area (Å²) in [5.41, 5.74) is -4.16. The topological polar surface area (TPSA) is 94.7 Å². The summed E-state index contributed by atoms with van der Waals surface area (Å²) < 4.78 is 80.7. The van der Waals surface area contributed by atoms with Crippen molar-refractivity contribution in [3.8, 4) is 11.4 Å². The van der Waals surface area contributed by atoms with E-state index in [2.05, 4.69) is 20.4 Å². The molecule has 0 aliphatic rings. The molecule has 1 N–H and O–H groups in total. The number of alkyl halides is 6. The van der Waals surface area contributed by atoms with Crippen molar-refractivity contribution in [1.29, 1.82) is 0 Å². The van der Waals surface area contributed by atoms with E-state index in [0.717, 1.165) is 13.2 Å². The largest absolute Gasteiger partial charge is 0.423 e. The third-order valence-electron chi connectivity index (χ3n) is 6.14. The van der Waals surface area contributed by atoms with E-state index in [4.69, 9.17) is 11.6 Å². The molecule has 40 heavy (non-hydrogen) atoms. The molecule has 212 valence electrons. The molecule has 8 nitrogen and oxygen atoms in total. The standard InChI is InChI=1S/C25H21ClF6N6O2/c1-13(36-19-12-35-37(2)23(40)20(19)25(30,31)32)4-3-6-38-7-5-14-8-17(18(26)9-16(14)22(38)39)21-33-10-15(11-34-21)24(27,28)29/h5,7-13,36H,3-4,6H2,1-2H3/t13-/m0/s1. The number of fused-ring (bicyclic) bond motifs is 1. The van der Waals surface area contributed by atoms with Gasteiger partial charge in [0.2, 0.25) is 0 Å². The summed E-state index contributed by atoms with van der Waals surface area (Å²) in [6.45, 7) is 1.88. The number of nitrogens with zero attached hydrogens (tertiary/aromatic N) is 5. The van der Waals surface area contributed by atoms with Gasteiger partial charge in [-0.2, -0.15) is 31.4 Å². The lowest BCUT2D eigenvalue weighted by Gasteiger charge is -2.19. The second-order valence-electron chi connectivity index (χ2n) is 9.07. The van der Waals surface area contributed by atoms with Crippen LogP contribution in [0.4, 0.5) is 32.0 Å². The summed E-state index contributed by atoms with van der Waals surface area (Å²) in [6, 6.07) is 4.04. The van der Waals surface area contributed by atoms with Crippen LogP contribution in [-0.2, 0) is 25.9 Å². The molecule has 4 aromatic rings. The predicted octanol–water partition coefficient (Wildman–Crippen LogP) is 5.52. The van der Waals surface area contributed by atoms with Crippen LogP contribution in [0.5, 0.6) is 0 Å². The maximum Gasteiger partial charge on any atom is 0.423 e. The smallest absolute Gasteiger partial charge is 0.381 e. The second-order valence-corrected chi connectivity index (χ2v) is 9.48. The summed E-state index contributed by atoms with van der Waals surface area (Å²) in [6.07, 6.45) is -4.91. The van der Waals surface area contributed by atoms with Crippen molar-refractivity contribution in [2.24, 2.45) is 7.05 Å². The number of rotatable bonds is 7. The third kappa shape index (κ3) is 6.11. The first kappa shape index (κ1) is 29.1. The fourth-order valence-electron chi connectivity index (χ4n) is 4.09. The van der Waals surface area contributed by atoms with E-state index in [1.54, 1.807) is 13.0 Å². The van der Waals surface area contributed by atoms with Gasteiger partial charge in [0, 0.05) is 49.2 Å². The highest BCUT2D eigenvalue weighted by atomic mass is 35.5. The van der Waals surface area contributed by atoms with Gasteiger partial charge in [-0.05, 0) is 43.4 Å². The maximum atomic E-state index is 13.4. The predicted molar refractivity (Wildman–Crippen MR) is 136 cm³/mol. The van der Waals surface area contributed by atoms with Crippen molar-refractivity contribution < 1.29 is 26.3 Å². The van der Waals surface area contributed by atoms with Crippen molar-refractivity contribution in [3.63, 3.8) is 0 Å². The first-order valence-corrected chi connectivity index (χ1v) is 12.2. The van der Waals surface area contributed by atoms with Gasteiger partial charge < -0.3 is 9.88 Å². The number of benzene rings is 1. The van der Waals surface area contributed by atoms with E-state index in [1.807, 2.05) is 0 Å². The number of hydrogen-bond acceptors (Lipinski definition) is 6. The van der Waals surface area contributed by atoms with Gasteiger partial charge in [0.1, 0.15) is 5.56 Å². The molecule has 0 spiro atoms. The number of aromatic nitrogens is 5. The van der Waals surface area contributed by atoms with Crippen LogP contribution in [0.2, 0.25) is 5.02 Å². The van der Waals surface area contributed by atoms with Gasteiger partial charge in [-0.3, -0.25) is 9.59 Å². The lowest BCUT2D eigenvalue weighted by molar-refractivity contribution is -0.139. The van der Waals surface area contributed by atoms with E-state index < -0.39 is 40.8 Å². The minimum Gasteiger partial charge on any atom is -0.381 e. The normalized spacial score (nSPS) is 13.0. The van der Waals surface area contributed by atoms with Crippen LogP contribution in [-0.4, -0.2) is 30.4 Å². The van der Waals surface area contributed by atoms with Crippen LogP contribution in [0.15, 0.2) is 52.6 Å². The molecule has 0 radical (unpaired) electrons. The van der Waals surface area contributed by atoms with Crippen LogP contribution >= 0.6 is 11.6 Å². The van der Waals surface area contributed by atoms with Crippen LogP contribution in [0.25, 0.3) is 22.2 Å². The number of hydrogen-bond donors (Lipinski definition) is 1. The highest BCUT2D eigenvalue weighted by Gasteiger charge is 2.38. The van der Waals surface area contributed by atoms with Gasteiger partial charge >= 0.3 is 12.4 Å². The quantitative estimate of drug-likeness (QED) is 0.287. The summed E-state index contributed by atoms with van der Waals surface area (Å²) >= 11 is 6.31. The molecule has 0 saturated heterocycles. The monoisotopic (exact) mass is 586 g/mol. The van der Waals surface area contributed by atoms with E-state index in [1.165, 1.54) is 22.9 Å². The Labute approximate surface area is 227 Å². The minimum absolute atomic E-state index is 0.0364. The van der Waals surface area contributed by atoms with Crippen molar-refractivity contribution in [2.45, 2.75) is 44.7 Å². The fourth-order valence-corrected chi connectivity index (χ4v) is 4.34. The number of pyridine rings is 1. The van der Waals surface area contributed by atoms with Gasteiger partial charge in [-0.15, -0.1) is 0 Å². The van der Waals surface area contributed by atoms with Gasteiger partial charge in [-0.25, -0.2) is 14.6 Å². The van der Waals surface area contributed by atoms with Crippen molar-refractivity contribution in [3.05, 3.63) is 79.8 Å². The average molecular weight is 587 g/mol. The van der Waals surface area contributed by atoms with E-state index in [0.29, 0.717) is 35.3 Å². The zero-order valence-corrected chi connectivity index (χ0v) is 21.7. The molecule has 0 bridgehead atoms. The number of halogens is 7. The van der Waals surface area contributed by atoms with Crippen LogP contribution in [0.3, 0.4) is 0 Å². The molecule has 0 fully saturated rings. The molecular formula is C25H21ClF6N6O2. The SMILES string of the molecule is C[C@@H](CCCn1ccc2cc(-c3ncc(C(F)(F)F)cn3)c(Cl)cc2c1=O)Nc1cnn(C)c(=O)c1C(F)(F)F. The summed E-state index contributed by atoms with van der Waals surface area (Å²) in [5, 5.41) is 7.14. The Bertz CT molecular complexity index is 1660. The van der Waals surface area contributed by atoms with Gasteiger partial charge in [0.05, 0.1) is 22.5 Å². The summed E-state index contributed by atoms with van der Waals surface area (Å²) in [4.78, 5) is 32.5. The fraction of sp³-hybridized carbons (Fsp3) is 0.320. The lowest BCUT2D eigenvalue weighted by atomic mass is 10.1. The molecule has 0 aliphatic heterocycles. The molecule has 3 heterocycles. The Kier molecular flexibility index (Phi) is 7.92. The maximum absolute atomic E-state index is 13.4.